The van der Waals surface area contributed by atoms with Gasteiger partial charge in [-0.05, 0) is 20.3 Å². The molecule has 0 bridgehead atoms. The number of hydrogen-bond donors (Lipinski definition) is 2. The standard InChI is InChI=1S/C10H20N2OS/c1-6-9(2,3)8(13)12-10(4,5)7(11)14/h6H2,1-5H3,(H2,11,14)(H,12,13). The first kappa shape index (κ1) is 13.4. The second-order valence-corrected chi connectivity index (χ2v) is 5.12. The SMILES string of the molecule is CCC(C)(C)C(=O)NC(C)(C)C(N)=S. The van der Waals surface area contributed by atoms with Gasteiger partial charge in [-0.15, -0.1) is 0 Å². The monoisotopic (exact) mass is 216 g/mol. The third-order valence-corrected chi connectivity index (χ3v) is 3.05. The van der Waals surface area contributed by atoms with Gasteiger partial charge in [0, 0.05) is 5.41 Å². The molecule has 0 saturated heterocycles. The van der Waals surface area contributed by atoms with Crippen LogP contribution in [0.25, 0.3) is 0 Å². The van der Waals surface area contributed by atoms with Crippen LogP contribution in [0.2, 0.25) is 0 Å². The minimum absolute atomic E-state index is 0.0159. The largest absolute Gasteiger partial charge is 0.391 e. The van der Waals surface area contributed by atoms with E-state index in [4.69, 9.17) is 18.0 Å². The van der Waals surface area contributed by atoms with Crippen LogP contribution in [0.15, 0.2) is 0 Å². The van der Waals surface area contributed by atoms with Crippen molar-refractivity contribution >= 4 is 23.1 Å². The number of thiocarbonyl (C=S) groups is 1. The van der Waals surface area contributed by atoms with E-state index >= 15 is 0 Å². The van der Waals surface area contributed by atoms with E-state index in [1.165, 1.54) is 0 Å². The molecule has 0 aliphatic carbocycles. The van der Waals surface area contributed by atoms with E-state index in [0.29, 0.717) is 4.99 Å². The summed E-state index contributed by atoms with van der Waals surface area (Å²) in [5.74, 6) is -0.0159. The van der Waals surface area contributed by atoms with Crippen molar-refractivity contribution in [3.63, 3.8) is 0 Å². The molecule has 0 radical (unpaired) electrons. The summed E-state index contributed by atoms with van der Waals surface area (Å²) in [7, 11) is 0. The molecular weight excluding hydrogens is 196 g/mol. The number of rotatable bonds is 4. The maximum Gasteiger partial charge on any atom is 0.226 e. The highest BCUT2D eigenvalue weighted by Crippen LogP contribution is 2.20. The number of amides is 1. The van der Waals surface area contributed by atoms with E-state index in [1.54, 1.807) is 13.8 Å². The van der Waals surface area contributed by atoms with Gasteiger partial charge in [-0.2, -0.15) is 0 Å². The molecule has 0 atom stereocenters. The Balaban J connectivity index is 4.56. The van der Waals surface area contributed by atoms with Gasteiger partial charge in [0.05, 0.1) is 10.5 Å². The molecule has 4 heteroatoms. The molecule has 82 valence electrons. The van der Waals surface area contributed by atoms with Gasteiger partial charge < -0.3 is 11.1 Å². The lowest BCUT2D eigenvalue weighted by atomic mass is 9.88. The number of nitrogens with one attached hydrogen (secondary N) is 1. The van der Waals surface area contributed by atoms with Crippen molar-refractivity contribution in [2.45, 2.75) is 46.6 Å². The minimum Gasteiger partial charge on any atom is -0.391 e. The maximum atomic E-state index is 11.8. The molecule has 0 heterocycles. The average Bonchev–Trinajstić information content (AvgIpc) is 2.03. The second kappa shape index (κ2) is 4.26. The first-order valence-corrected chi connectivity index (χ1v) is 5.17. The van der Waals surface area contributed by atoms with Crippen molar-refractivity contribution in [2.24, 2.45) is 11.1 Å². The van der Waals surface area contributed by atoms with Crippen LogP contribution in [0.4, 0.5) is 0 Å². The highest BCUT2D eigenvalue weighted by atomic mass is 32.1. The molecule has 14 heavy (non-hydrogen) atoms. The summed E-state index contributed by atoms with van der Waals surface area (Å²) in [4.78, 5) is 12.1. The molecule has 0 saturated carbocycles. The molecule has 0 rings (SSSR count). The van der Waals surface area contributed by atoms with Crippen LogP contribution in [-0.2, 0) is 4.79 Å². The van der Waals surface area contributed by atoms with Crippen molar-refractivity contribution < 1.29 is 4.79 Å². The van der Waals surface area contributed by atoms with Crippen molar-refractivity contribution in [2.75, 3.05) is 0 Å². The minimum atomic E-state index is -0.612. The first-order chi connectivity index (χ1) is 6.13. The van der Waals surface area contributed by atoms with Crippen molar-refractivity contribution in [1.82, 2.24) is 5.32 Å². The van der Waals surface area contributed by atoms with Gasteiger partial charge >= 0.3 is 0 Å². The number of nitrogens with two attached hydrogens (primary N) is 1. The van der Waals surface area contributed by atoms with Gasteiger partial charge in [0.15, 0.2) is 0 Å². The lowest BCUT2D eigenvalue weighted by Crippen LogP contribution is -2.55. The van der Waals surface area contributed by atoms with Crippen LogP contribution in [-0.4, -0.2) is 16.4 Å². The molecule has 0 aromatic rings. The second-order valence-electron chi connectivity index (χ2n) is 4.68. The van der Waals surface area contributed by atoms with Crippen LogP contribution in [0, 0.1) is 5.41 Å². The third-order valence-electron chi connectivity index (χ3n) is 2.54. The summed E-state index contributed by atoms with van der Waals surface area (Å²) in [6.45, 7) is 9.39. The number of carbonyl (C=O) groups is 1. The van der Waals surface area contributed by atoms with Gasteiger partial charge in [-0.3, -0.25) is 4.79 Å². The fraction of sp³-hybridized carbons (Fsp3) is 0.800. The molecule has 3 N–H and O–H groups in total. The molecule has 3 nitrogen and oxygen atoms in total. The smallest absolute Gasteiger partial charge is 0.226 e. The van der Waals surface area contributed by atoms with Gasteiger partial charge in [0.2, 0.25) is 5.91 Å². The third kappa shape index (κ3) is 3.25. The molecule has 1 amide bonds. The Morgan fingerprint density at radius 3 is 2.07 bits per heavy atom. The van der Waals surface area contributed by atoms with E-state index < -0.39 is 5.54 Å². The van der Waals surface area contributed by atoms with Crippen molar-refractivity contribution in [3.05, 3.63) is 0 Å². The van der Waals surface area contributed by atoms with E-state index in [-0.39, 0.29) is 11.3 Å². The van der Waals surface area contributed by atoms with Gasteiger partial charge in [0.25, 0.3) is 0 Å². The fourth-order valence-corrected chi connectivity index (χ4v) is 0.726. The van der Waals surface area contributed by atoms with Crippen molar-refractivity contribution in [3.8, 4) is 0 Å². The Kier molecular flexibility index (Phi) is 4.06. The summed E-state index contributed by atoms with van der Waals surface area (Å²) >= 11 is 4.87. The predicted molar refractivity (Wildman–Crippen MR) is 63.1 cm³/mol. The topological polar surface area (TPSA) is 55.1 Å². The van der Waals surface area contributed by atoms with Crippen molar-refractivity contribution in [1.29, 1.82) is 0 Å². The summed E-state index contributed by atoms with van der Waals surface area (Å²) in [5.41, 5.74) is 4.53. The lowest BCUT2D eigenvalue weighted by molar-refractivity contribution is -0.130. The van der Waals surface area contributed by atoms with Crippen LogP contribution in [0.1, 0.15) is 41.0 Å². The molecule has 0 aliphatic rings. The Bertz CT molecular complexity index is 247. The first-order valence-electron chi connectivity index (χ1n) is 4.76. The highest BCUT2D eigenvalue weighted by molar-refractivity contribution is 7.80. The summed E-state index contributed by atoms with van der Waals surface area (Å²) < 4.78 is 0. The molecule has 0 spiro atoms. The Hall–Kier alpha value is -0.640. The van der Waals surface area contributed by atoms with Gasteiger partial charge in [-0.1, -0.05) is 33.0 Å². The summed E-state index contributed by atoms with van der Waals surface area (Å²) in [6.07, 6.45) is 0.784. The zero-order valence-electron chi connectivity index (χ0n) is 9.60. The molecular formula is C10H20N2OS. The van der Waals surface area contributed by atoms with Crippen LogP contribution < -0.4 is 11.1 Å². The number of carbonyl (C=O) groups excluding carboxylic acids is 1. The van der Waals surface area contributed by atoms with E-state index in [1.807, 2.05) is 20.8 Å². The molecule has 0 aliphatic heterocycles. The highest BCUT2D eigenvalue weighted by Gasteiger charge is 2.31. The maximum absolute atomic E-state index is 11.8. The van der Waals surface area contributed by atoms with E-state index in [9.17, 15) is 4.79 Å². The molecule has 0 fully saturated rings. The van der Waals surface area contributed by atoms with E-state index in [2.05, 4.69) is 5.32 Å². The van der Waals surface area contributed by atoms with Gasteiger partial charge in [-0.25, -0.2) is 0 Å². The van der Waals surface area contributed by atoms with Gasteiger partial charge in [0.1, 0.15) is 0 Å². The number of hydrogen-bond acceptors (Lipinski definition) is 2. The fourth-order valence-electron chi connectivity index (χ4n) is 0.675. The predicted octanol–water partition coefficient (Wildman–Crippen LogP) is 1.60. The lowest BCUT2D eigenvalue weighted by Gasteiger charge is -2.30. The normalized spacial score (nSPS) is 12.4. The molecule has 0 aromatic carbocycles. The summed E-state index contributed by atoms with van der Waals surface area (Å²) in [6, 6.07) is 0. The van der Waals surface area contributed by atoms with Crippen LogP contribution in [0.5, 0.6) is 0 Å². The van der Waals surface area contributed by atoms with E-state index in [0.717, 1.165) is 6.42 Å². The average molecular weight is 216 g/mol. The zero-order chi connectivity index (χ0) is 11.6. The van der Waals surface area contributed by atoms with Crippen LogP contribution >= 0.6 is 12.2 Å². The molecule has 0 aromatic heterocycles. The Morgan fingerprint density at radius 1 is 1.36 bits per heavy atom. The Morgan fingerprint density at radius 2 is 1.79 bits per heavy atom. The van der Waals surface area contributed by atoms with Crippen LogP contribution in [0.3, 0.4) is 0 Å². The summed E-state index contributed by atoms with van der Waals surface area (Å²) in [5, 5.41) is 2.84. The molecule has 0 unspecified atom stereocenters. The Labute approximate surface area is 91.4 Å². The zero-order valence-corrected chi connectivity index (χ0v) is 10.4. The quantitative estimate of drug-likeness (QED) is 0.702.